The smallest absolute Gasteiger partial charge is 0.416 e. The van der Waals surface area contributed by atoms with Crippen LogP contribution in [0.1, 0.15) is 36.1 Å². The number of esters is 1. The molecule has 0 aromatic heterocycles. The molecular weight excluding hydrogens is 487 g/mol. The minimum absolute atomic E-state index is 0.00877. The van der Waals surface area contributed by atoms with E-state index in [0.717, 1.165) is 12.1 Å². The summed E-state index contributed by atoms with van der Waals surface area (Å²) in [5.74, 6) is 0.593. The quantitative estimate of drug-likeness (QED) is 0.305. The Morgan fingerprint density at radius 1 is 0.946 bits per heavy atom. The molecule has 0 N–H and O–H groups in total. The van der Waals surface area contributed by atoms with Crippen LogP contribution in [0.2, 0.25) is 0 Å². The van der Waals surface area contributed by atoms with Gasteiger partial charge in [-0.25, -0.2) is 4.79 Å². The van der Waals surface area contributed by atoms with E-state index >= 15 is 0 Å². The molecule has 0 aliphatic rings. The van der Waals surface area contributed by atoms with E-state index in [2.05, 4.69) is 0 Å². The predicted molar refractivity (Wildman–Crippen MR) is 129 cm³/mol. The second-order valence-corrected chi connectivity index (χ2v) is 8.33. The molecule has 0 heterocycles. The molecule has 3 aromatic carbocycles. The summed E-state index contributed by atoms with van der Waals surface area (Å²) in [6, 6.07) is 18.2. The lowest BCUT2D eigenvalue weighted by molar-refractivity contribution is -0.160. The van der Waals surface area contributed by atoms with Gasteiger partial charge in [-0.1, -0.05) is 18.2 Å². The maximum Gasteiger partial charge on any atom is 0.416 e. The molecule has 0 fully saturated rings. The standard InChI is InChI=1S/C28H26F3NO5/c1-4-35-26(33)27(2,37-23-12-7-19(17-32)8-13-23)16-21-9-14-24(34-3)25(15-21)36-18-20-5-10-22(11-6-20)28(29,30)31/h5-15H,4,16,18H2,1-3H3. The Morgan fingerprint density at radius 3 is 2.16 bits per heavy atom. The molecule has 9 heteroatoms. The van der Waals surface area contributed by atoms with Gasteiger partial charge in [0, 0.05) is 6.42 Å². The summed E-state index contributed by atoms with van der Waals surface area (Å²) in [6.07, 6.45) is -4.30. The zero-order valence-electron chi connectivity index (χ0n) is 20.6. The first kappa shape index (κ1) is 27.4. The van der Waals surface area contributed by atoms with Crippen molar-refractivity contribution in [3.8, 4) is 23.3 Å². The van der Waals surface area contributed by atoms with E-state index in [1.54, 1.807) is 56.3 Å². The molecule has 37 heavy (non-hydrogen) atoms. The van der Waals surface area contributed by atoms with Crippen LogP contribution in [-0.4, -0.2) is 25.3 Å². The van der Waals surface area contributed by atoms with Crippen molar-refractivity contribution in [1.29, 1.82) is 5.26 Å². The topological polar surface area (TPSA) is 77.8 Å². The molecule has 3 rings (SSSR count). The van der Waals surface area contributed by atoms with Gasteiger partial charge in [-0.15, -0.1) is 0 Å². The third kappa shape index (κ3) is 7.17. The first-order valence-corrected chi connectivity index (χ1v) is 11.4. The summed E-state index contributed by atoms with van der Waals surface area (Å²) in [5.41, 5.74) is -0.469. The molecule has 3 aromatic rings. The van der Waals surface area contributed by atoms with E-state index in [1.165, 1.54) is 19.2 Å². The summed E-state index contributed by atoms with van der Waals surface area (Å²) < 4.78 is 61.0. The summed E-state index contributed by atoms with van der Waals surface area (Å²) in [6.45, 7) is 3.47. The lowest BCUT2D eigenvalue weighted by Gasteiger charge is -2.29. The summed E-state index contributed by atoms with van der Waals surface area (Å²) in [5, 5.41) is 9.01. The monoisotopic (exact) mass is 513 g/mol. The number of carbonyl (C=O) groups is 1. The van der Waals surface area contributed by atoms with Crippen LogP contribution in [0, 0.1) is 11.3 Å². The number of nitriles is 1. The fraction of sp³-hybridized carbons (Fsp3) is 0.286. The number of carbonyl (C=O) groups excluding carboxylic acids is 1. The van der Waals surface area contributed by atoms with Crippen LogP contribution >= 0.6 is 0 Å². The van der Waals surface area contributed by atoms with Crippen LogP contribution in [0.5, 0.6) is 17.2 Å². The second-order valence-electron chi connectivity index (χ2n) is 8.33. The van der Waals surface area contributed by atoms with Gasteiger partial charge >= 0.3 is 12.1 Å². The lowest BCUT2D eigenvalue weighted by Crippen LogP contribution is -2.45. The molecule has 0 saturated carbocycles. The maximum absolute atomic E-state index is 12.9. The van der Waals surface area contributed by atoms with Crippen molar-refractivity contribution >= 4 is 5.97 Å². The highest BCUT2D eigenvalue weighted by Gasteiger charge is 2.38. The van der Waals surface area contributed by atoms with E-state index in [-0.39, 0.29) is 19.6 Å². The van der Waals surface area contributed by atoms with Gasteiger partial charge in [-0.3, -0.25) is 0 Å². The predicted octanol–water partition coefficient (Wildman–Crippen LogP) is 6.11. The van der Waals surface area contributed by atoms with Gasteiger partial charge in [-0.2, -0.15) is 18.4 Å². The average Bonchev–Trinajstić information content (AvgIpc) is 2.88. The third-order valence-corrected chi connectivity index (χ3v) is 5.48. The Balaban J connectivity index is 1.82. The number of nitrogens with zero attached hydrogens (tertiary/aromatic N) is 1. The minimum Gasteiger partial charge on any atom is -0.493 e. The van der Waals surface area contributed by atoms with Gasteiger partial charge in [-0.05, 0) is 73.5 Å². The van der Waals surface area contributed by atoms with Gasteiger partial charge in [0.05, 0.1) is 30.9 Å². The van der Waals surface area contributed by atoms with Crippen molar-refractivity contribution in [3.05, 3.63) is 89.0 Å². The van der Waals surface area contributed by atoms with Crippen LogP contribution in [0.3, 0.4) is 0 Å². The molecular formula is C28H26F3NO5. The van der Waals surface area contributed by atoms with Crippen molar-refractivity contribution in [2.24, 2.45) is 0 Å². The van der Waals surface area contributed by atoms with Gasteiger partial charge in [0.2, 0.25) is 5.60 Å². The molecule has 0 spiro atoms. The molecule has 0 bridgehead atoms. The van der Waals surface area contributed by atoms with Crippen molar-refractivity contribution in [1.82, 2.24) is 0 Å². The number of hydrogen-bond donors (Lipinski definition) is 0. The Morgan fingerprint density at radius 2 is 1.59 bits per heavy atom. The molecule has 1 atom stereocenters. The van der Waals surface area contributed by atoms with Gasteiger partial charge in [0.1, 0.15) is 12.4 Å². The van der Waals surface area contributed by atoms with Crippen LogP contribution in [0.25, 0.3) is 0 Å². The van der Waals surface area contributed by atoms with Crippen molar-refractivity contribution in [3.63, 3.8) is 0 Å². The normalized spacial score (nSPS) is 12.7. The number of rotatable bonds is 10. The van der Waals surface area contributed by atoms with Crippen molar-refractivity contribution < 1.29 is 36.9 Å². The van der Waals surface area contributed by atoms with E-state index in [9.17, 15) is 18.0 Å². The number of alkyl halides is 3. The van der Waals surface area contributed by atoms with E-state index in [0.29, 0.717) is 33.9 Å². The van der Waals surface area contributed by atoms with Crippen LogP contribution in [0.4, 0.5) is 13.2 Å². The van der Waals surface area contributed by atoms with Crippen LogP contribution in [0.15, 0.2) is 66.7 Å². The SMILES string of the molecule is CCOC(=O)C(C)(Cc1ccc(OC)c(OCc2ccc(C(F)(F)F)cc2)c1)Oc1ccc(C#N)cc1. The fourth-order valence-corrected chi connectivity index (χ4v) is 3.58. The molecule has 1 unspecified atom stereocenters. The Labute approximate surface area is 213 Å². The lowest BCUT2D eigenvalue weighted by atomic mass is 9.95. The van der Waals surface area contributed by atoms with Crippen molar-refractivity contribution in [2.45, 2.75) is 38.7 Å². The molecule has 0 radical (unpaired) electrons. The third-order valence-electron chi connectivity index (χ3n) is 5.48. The Bertz CT molecular complexity index is 1250. The summed E-state index contributed by atoms with van der Waals surface area (Å²) in [7, 11) is 1.47. The molecule has 194 valence electrons. The van der Waals surface area contributed by atoms with Crippen LogP contribution < -0.4 is 14.2 Å². The molecule has 0 saturated heterocycles. The highest BCUT2D eigenvalue weighted by molar-refractivity contribution is 5.80. The first-order chi connectivity index (χ1) is 17.6. The zero-order valence-corrected chi connectivity index (χ0v) is 20.6. The largest absolute Gasteiger partial charge is 0.493 e. The molecule has 0 aliphatic heterocycles. The van der Waals surface area contributed by atoms with Gasteiger partial charge < -0.3 is 18.9 Å². The number of benzene rings is 3. The number of halogens is 3. The first-order valence-electron chi connectivity index (χ1n) is 11.4. The van der Waals surface area contributed by atoms with E-state index < -0.39 is 23.3 Å². The molecule has 6 nitrogen and oxygen atoms in total. The number of methoxy groups -OCH3 is 1. The average molecular weight is 514 g/mol. The number of ether oxygens (including phenoxy) is 4. The number of hydrogen-bond acceptors (Lipinski definition) is 6. The highest BCUT2D eigenvalue weighted by atomic mass is 19.4. The highest BCUT2D eigenvalue weighted by Crippen LogP contribution is 2.33. The van der Waals surface area contributed by atoms with Crippen molar-refractivity contribution in [2.75, 3.05) is 13.7 Å². The van der Waals surface area contributed by atoms with Crippen LogP contribution in [-0.2, 0) is 28.7 Å². The Kier molecular flexibility index (Phi) is 8.66. The van der Waals surface area contributed by atoms with Gasteiger partial charge in [0.25, 0.3) is 0 Å². The second kappa shape index (κ2) is 11.7. The Hall–Kier alpha value is -4.19. The molecule has 0 amide bonds. The summed E-state index contributed by atoms with van der Waals surface area (Å²) >= 11 is 0. The summed E-state index contributed by atoms with van der Waals surface area (Å²) in [4.78, 5) is 12.9. The minimum atomic E-state index is -4.41. The van der Waals surface area contributed by atoms with E-state index in [1.807, 2.05) is 6.07 Å². The van der Waals surface area contributed by atoms with E-state index in [4.69, 9.17) is 24.2 Å². The maximum atomic E-state index is 12.9. The molecule has 0 aliphatic carbocycles. The fourth-order valence-electron chi connectivity index (χ4n) is 3.58. The zero-order chi connectivity index (χ0) is 27.1. The van der Waals surface area contributed by atoms with Gasteiger partial charge in [0.15, 0.2) is 11.5 Å².